The van der Waals surface area contributed by atoms with Gasteiger partial charge in [-0.25, -0.2) is 4.79 Å². The molecule has 2 fully saturated rings. The molecule has 4 aromatic rings. The van der Waals surface area contributed by atoms with Crippen LogP contribution in [0.1, 0.15) is 90.9 Å². The Balaban J connectivity index is 1.26. The molecule has 1 heterocycles. The van der Waals surface area contributed by atoms with Gasteiger partial charge in [-0.3, -0.25) is 9.69 Å². The van der Waals surface area contributed by atoms with Crippen molar-refractivity contribution in [2.75, 3.05) is 20.8 Å². The number of hydrogen-bond acceptors (Lipinski definition) is 6. The molecule has 52 heavy (non-hydrogen) atoms. The number of aliphatic hydroxyl groups excluding tert-OH is 1. The minimum absolute atomic E-state index is 0.0334. The van der Waals surface area contributed by atoms with Crippen LogP contribution >= 0.6 is 0 Å². The number of carbonyl (C=O) groups is 2. The summed E-state index contributed by atoms with van der Waals surface area (Å²) in [4.78, 5) is 30.2. The molecule has 1 saturated heterocycles. The minimum atomic E-state index is -0.736. The van der Waals surface area contributed by atoms with Gasteiger partial charge in [-0.05, 0) is 98.2 Å². The van der Waals surface area contributed by atoms with Crippen molar-refractivity contribution in [3.05, 3.63) is 130 Å². The second-order valence-electron chi connectivity index (χ2n) is 15.1. The molecule has 7 heteroatoms. The zero-order chi connectivity index (χ0) is 36.5. The first-order valence-corrected chi connectivity index (χ1v) is 18.5. The molecular weight excluding hydrogens is 650 g/mol. The van der Waals surface area contributed by atoms with E-state index in [0.717, 1.165) is 53.5 Å². The molecule has 1 saturated carbocycles. The van der Waals surface area contributed by atoms with Gasteiger partial charge in [0.05, 0.1) is 33.4 Å². The molecule has 0 radical (unpaired) electrons. The Bertz CT molecular complexity index is 1970. The number of nitrogens with zero attached hydrogens (tertiary/aromatic N) is 1. The normalized spacial score (nSPS) is 24.6. The number of benzene rings is 4. The molecule has 0 unspecified atom stereocenters. The lowest BCUT2D eigenvalue weighted by Gasteiger charge is -2.43. The third-order valence-corrected chi connectivity index (χ3v) is 12.0. The van der Waals surface area contributed by atoms with Crippen LogP contribution in [-0.4, -0.2) is 54.4 Å². The predicted molar refractivity (Wildman–Crippen MR) is 203 cm³/mol. The number of carbonyl (C=O) groups excluding carboxylic acids is 2. The summed E-state index contributed by atoms with van der Waals surface area (Å²) in [6.07, 6.45) is 6.45. The molecule has 8 rings (SSSR count). The van der Waals surface area contributed by atoms with E-state index in [1.807, 2.05) is 66.7 Å². The van der Waals surface area contributed by atoms with Gasteiger partial charge in [-0.15, -0.1) is 0 Å². The maximum absolute atomic E-state index is 14.6. The van der Waals surface area contributed by atoms with Gasteiger partial charge in [-0.1, -0.05) is 85.3 Å². The maximum Gasteiger partial charge on any atom is 0.410 e. The first kappa shape index (κ1) is 35.5. The van der Waals surface area contributed by atoms with Gasteiger partial charge in [0, 0.05) is 28.2 Å². The van der Waals surface area contributed by atoms with Gasteiger partial charge >= 0.3 is 6.09 Å². The molecular formula is C45H49NO6. The number of allylic oxidation sites excluding steroid dienone is 2. The van der Waals surface area contributed by atoms with Crippen molar-refractivity contribution in [1.82, 2.24) is 4.90 Å². The van der Waals surface area contributed by atoms with Crippen LogP contribution in [0.2, 0.25) is 0 Å². The van der Waals surface area contributed by atoms with Gasteiger partial charge in [0.15, 0.2) is 5.78 Å². The SMILES string of the molecule is COc1ccc(CN2C[C@@]3(CC[C@H]4c5ccc(cc5C(=O)c5ccc(-c6ccccc6)cc5)C[C@@H](O)CCC(C)=CCC[C@@]43C)OC2=O)c(OC)c1. The van der Waals surface area contributed by atoms with Crippen molar-refractivity contribution in [2.24, 2.45) is 5.41 Å². The molecule has 4 aliphatic rings. The van der Waals surface area contributed by atoms with Crippen molar-refractivity contribution in [3.8, 4) is 22.6 Å². The monoisotopic (exact) mass is 699 g/mol. The average Bonchev–Trinajstić information content (AvgIpc) is 3.63. The quantitative estimate of drug-likeness (QED) is 0.153. The molecule has 4 atom stereocenters. The molecule has 1 N–H and O–H groups in total. The van der Waals surface area contributed by atoms with E-state index >= 15 is 0 Å². The Morgan fingerprint density at radius 1 is 0.923 bits per heavy atom. The van der Waals surface area contributed by atoms with Crippen LogP contribution in [0.4, 0.5) is 4.79 Å². The molecule has 7 nitrogen and oxygen atoms in total. The van der Waals surface area contributed by atoms with Gasteiger partial charge in [0.25, 0.3) is 0 Å². The van der Waals surface area contributed by atoms with Gasteiger partial charge in [0.2, 0.25) is 0 Å². The van der Waals surface area contributed by atoms with E-state index in [1.165, 1.54) is 5.57 Å². The lowest BCUT2D eigenvalue weighted by Crippen LogP contribution is -2.48. The highest BCUT2D eigenvalue weighted by Crippen LogP contribution is 2.62. The number of hydrogen-bond donors (Lipinski definition) is 1. The molecule has 1 spiro atoms. The zero-order valence-electron chi connectivity index (χ0n) is 30.7. The third-order valence-electron chi connectivity index (χ3n) is 12.0. The summed E-state index contributed by atoms with van der Waals surface area (Å²) in [6.45, 7) is 5.21. The summed E-state index contributed by atoms with van der Waals surface area (Å²) in [6, 6.07) is 29.9. The summed E-state index contributed by atoms with van der Waals surface area (Å²) >= 11 is 0. The van der Waals surface area contributed by atoms with Crippen molar-refractivity contribution < 1.29 is 28.9 Å². The Hall–Kier alpha value is -4.88. The molecule has 0 aromatic heterocycles. The zero-order valence-corrected chi connectivity index (χ0v) is 30.7. The fourth-order valence-electron chi connectivity index (χ4n) is 8.89. The largest absolute Gasteiger partial charge is 0.497 e. The number of ether oxygens (including phenoxy) is 3. The summed E-state index contributed by atoms with van der Waals surface area (Å²) in [5.74, 6) is 1.28. The Kier molecular flexibility index (Phi) is 9.99. The lowest BCUT2D eigenvalue weighted by atomic mass is 9.64. The topological polar surface area (TPSA) is 85.3 Å². The molecule has 2 bridgehead atoms. The van der Waals surface area contributed by atoms with E-state index in [2.05, 4.69) is 44.2 Å². The van der Waals surface area contributed by atoms with Crippen LogP contribution in [-0.2, 0) is 17.7 Å². The maximum atomic E-state index is 14.6. The number of amides is 1. The lowest BCUT2D eigenvalue weighted by molar-refractivity contribution is -0.0373. The first-order valence-electron chi connectivity index (χ1n) is 18.5. The van der Waals surface area contributed by atoms with Gasteiger partial charge < -0.3 is 19.3 Å². The summed E-state index contributed by atoms with van der Waals surface area (Å²) in [5.41, 5.74) is 6.31. The molecule has 3 aliphatic carbocycles. The Labute approximate surface area is 307 Å². The van der Waals surface area contributed by atoms with Crippen LogP contribution in [0.5, 0.6) is 11.5 Å². The summed E-state index contributed by atoms with van der Waals surface area (Å²) in [5, 5.41) is 11.0. The average molecular weight is 700 g/mol. The number of methoxy groups -OCH3 is 2. The van der Waals surface area contributed by atoms with E-state index < -0.39 is 17.1 Å². The number of rotatable bonds is 7. The van der Waals surface area contributed by atoms with Crippen molar-refractivity contribution >= 4 is 11.9 Å². The van der Waals surface area contributed by atoms with E-state index in [0.29, 0.717) is 55.0 Å². The van der Waals surface area contributed by atoms with Crippen molar-refractivity contribution in [1.29, 1.82) is 0 Å². The smallest absolute Gasteiger partial charge is 0.410 e. The fourth-order valence-corrected chi connectivity index (χ4v) is 8.89. The van der Waals surface area contributed by atoms with Crippen LogP contribution in [0.15, 0.2) is 103 Å². The first-order chi connectivity index (χ1) is 25.1. The van der Waals surface area contributed by atoms with Crippen LogP contribution < -0.4 is 9.47 Å². The fraction of sp³-hybridized carbons (Fsp3) is 0.378. The molecule has 1 amide bonds. The highest BCUT2D eigenvalue weighted by atomic mass is 16.6. The molecule has 4 aromatic carbocycles. The summed E-state index contributed by atoms with van der Waals surface area (Å²) < 4.78 is 17.6. The second-order valence-corrected chi connectivity index (χ2v) is 15.1. The van der Waals surface area contributed by atoms with Gasteiger partial charge in [0.1, 0.15) is 17.1 Å². The minimum Gasteiger partial charge on any atom is -0.497 e. The standard InChI is InChI=1S/C45H49NO6/c1-30-9-8-23-44(2)40(22-24-45(44)29-46(43(49)52-45)28-35-18-20-37(50-3)27-41(35)51-4)38-21-13-31(25-36(47)19-12-30)26-39(38)42(48)34-16-14-33(15-17-34)32-10-6-5-7-11-32/h5-7,9-11,13-18,20-21,26-27,36,40,47H,8,12,19,22-25,28-29H2,1-4H3/t36-,40-,44-,45+/m0/s1. The summed E-state index contributed by atoms with van der Waals surface area (Å²) in [7, 11) is 3.24. The highest BCUT2D eigenvalue weighted by Gasteiger charge is 2.64. The number of aliphatic hydroxyl groups is 1. The van der Waals surface area contributed by atoms with E-state index in [4.69, 9.17) is 14.2 Å². The third kappa shape index (κ3) is 6.74. The van der Waals surface area contributed by atoms with Crippen molar-refractivity contribution in [2.45, 2.75) is 83.0 Å². The molecule has 1 aliphatic heterocycles. The number of ketones is 1. The Morgan fingerprint density at radius 2 is 1.69 bits per heavy atom. The van der Waals surface area contributed by atoms with Crippen LogP contribution in [0, 0.1) is 5.41 Å². The highest BCUT2D eigenvalue weighted by molar-refractivity contribution is 6.10. The number of fused-ring (bicyclic) bond motifs is 8. The van der Waals surface area contributed by atoms with E-state index in [-0.39, 0.29) is 17.8 Å². The van der Waals surface area contributed by atoms with E-state index in [9.17, 15) is 14.7 Å². The van der Waals surface area contributed by atoms with Crippen LogP contribution in [0.3, 0.4) is 0 Å². The molecule has 270 valence electrons. The van der Waals surface area contributed by atoms with Crippen LogP contribution in [0.25, 0.3) is 11.1 Å². The van der Waals surface area contributed by atoms with Crippen molar-refractivity contribution in [3.63, 3.8) is 0 Å². The van der Waals surface area contributed by atoms with E-state index in [1.54, 1.807) is 19.1 Å². The second kappa shape index (κ2) is 14.6. The van der Waals surface area contributed by atoms with Gasteiger partial charge in [-0.2, -0.15) is 0 Å². The Morgan fingerprint density at radius 3 is 2.44 bits per heavy atom. The predicted octanol–water partition coefficient (Wildman–Crippen LogP) is 9.30.